The van der Waals surface area contributed by atoms with Crippen LogP contribution >= 0.6 is 12.4 Å². The van der Waals surface area contributed by atoms with Gasteiger partial charge >= 0.3 is 0 Å². The average Bonchev–Trinajstić information content (AvgIpc) is 3.22. The molecule has 1 aliphatic heterocycles. The van der Waals surface area contributed by atoms with Gasteiger partial charge in [-0.2, -0.15) is 5.26 Å². The maximum Gasteiger partial charge on any atom is 0.126 e. The fourth-order valence-corrected chi connectivity index (χ4v) is 2.53. The number of hydrogen-bond donors (Lipinski definition) is 2. The topological polar surface area (TPSA) is 60.7 Å². The van der Waals surface area contributed by atoms with Crippen molar-refractivity contribution in [3.8, 4) is 6.07 Å². The van der Waals surface area contributed by atoms with E-state index in [0.717, 1.165) is 50.2 Å². The van der Waals surface area contributed by atoms with E-state index >= 15 is 0 Å². The summed E-state index contributed by atoms with van der Waals surface area (Å²) in [6.07, 6.45) is 6.11. The Morgan fingerprint density at radius 1 is 1.32 bits per heavy atom. The van der Waals surface area contributed by atoms with Crippen molar-refractivity contribution in [1.82, 2.24) is 10.3 Å². The lowest BCUT2D eigenvalue weighted by Gasteiger charge is -2.24. The summed E-state index contributed by atoms with van der Waals surface area (Å²) < 4.78 is 0. The molecule has 3 rings (SSSR count). The molecule has 1 aliphatic carbocycles. The highest BCUT2D eigenvalue weighted by Crippen LogP contribution is 2.47. The van der Waals surface area contributed by atoms with Crippen LogP contribution < -0.4 is 10.6 Å². The number of nitrogens with one attached hydrogen (secondary N) is 2. The van der Waals surface area contributed by atoms with Crippen LogP contribution in [0, 0.1) is 11.3 Å². The van der Waals surface area contributed by atoms with Crippen LogP contribution in [-0.2, 0) is 5.41 Å². The molecule has 2 N–H and O–H groups in total. The smallest absolute Gasteiger partial charge is 0.126 e. The number of piperidine rings is 1. The Morgan fingerprint density at radius 2 is 2.05 bits per heavy atom. The molecule has 2 heterocycles. The maximum absolute atomic E-state index is 9.14. The van der Waals surface area contributed by atoms with Gasteiger partial charge < -0.3 is 10.6 Å². The Balaban J connectivity index is 0.00000133. The number of rotatable bonds is 3. The van der Waals surface area contributed by atoms with Crippen molar-refractivity contribution >= 4 is 18.2 Å². The van der Waals surface area contributed by atoms with Gasteiger partial charge in [-0.15, -0.1) is 12.4 Å². The highest BCUT2D eigenvalue weighted by molar-refractivity contribution is 5.85. The maximum atomic E-state index is 9.14. The SMILES string of the molecule is Cl.N#CC1(c2ccc(NC3CCNCC3)nc2)CC1. The Labute approximate surface area is 120 Å². The van der Waals surface area contributed by atoms with Gasteiger partial charge in [-0.25, -0.2) is 4.98 Å². The molecule has 19 heavy (non-hydrogen) atoms. The third-order valence-electron chi connectivity index (χ3n) is 3.97. The van der Waals surface area contributed by atoms with Crippen LogP contribution in [0.25, 0.3) is 0 Å². The Bertz CT molecular complexity index is 455. The average molecular weight is 279 g/mol. The number of nitriles is 1. The van der Waals surface area contributed by atoms with Crippen LogP contribution in [0.2, 0.25) is 0 Å². The molecule has 1 aromatic rings. The summed E-state index contributed by atoms with van der Waals surface area (Å²) in [5, 5.41) is 16.0. The number of anilines is 1. The van der Waals surface area contributed by atoms with Gasteiger partial charge in [-0.1, -0.05) is 6.07 Å². The quantitative estimate of drug-likeness (QED) is 0.890. The van der Waals surface area contributed by atoms with E-state index in [4.69, 9.17) is 5.26 Å². The van der Waals surface area contributed by atoms with Crippen LogP contribution in [0.3, 0.4) is 0 Å². The zero-order valence-corrected chi connectivity index (χ0v) is 11.7. The molecule has 0 bridgehead atoms. The van der Waals surface area contributed by atoms with Crippen molar-refractivity contribution in [1.29, 1.82) is 5.26 Å². The van der Waals surface area contributed by atoms with Crippen molar-refractivity contribution < 1.29 is 0 Å². The Morgan fingerprint density at radius 3 is 2.58 bits per heavy atom. The van der Waals surface area contributed by atoms with Gasteiger partial charge in [-0.05, 0) is 50.4 Å². The first-order valence-corrected chi connectivity index (χ1v) is 6.67. The van der Waals surface area contributed by atoms with Crippen LogP contribution in [0.15, 0.2) is 18.3 Å². The second kappa shape index (κ2) is 5.77. The molecular weight excluding hydrogens is 260 g/mol. The molecule has 0 unspecified atom stereocenters. The number of hydrogen-bond acceptors (Lipinski definition) is 4. The van der Waals surface area contributed by atoms with Gasteiger partial charge in [0.25, 0.3) is 0 Å². The third-order valence-corrected chi connectivity index (χ3v) is 3.97. The van der Waals surface area contributed by atoms with E-state index in [9.17, 15) is 0 Å². The van der Waals surface area contributed by atoms with Crippen LogP contribution in [0.1, 0.15) is 31.2 Å². The first-order valence-electron chi connectivity index (χ1n) is 6.67. The van der Waals surface area contributed by atoms with E-state index in [1.807, 2.05) is 18.3 Å². The van der Waals surface area contributed by atoms with E-state index < -0.39 is 0 Å². The van der Waals surface area contributed by atoms with E-state index in [-0.39, 0.29) is 17.8 Å². The highest BCUT2D eigenvalue weighted by Gasteiger charge is 2.45. The molecule has 102 valence electrons. The van der Waals surface area contributed by atoms with Crippen LogP contribution in [-0.4, -0.2) is 24.1 Å². The molecule has 1 saturated carbocycles. The van der Waals surface area contributed by atoms with Crippen molar-refractivity contribution in [2.24, 2.45) is 0 Å². The molecule has 0 spiro atoms. The summed E-state index contributed by atoms with van der Waals surface area (Å²) in [6, 6.07) is 6.98. The third kappa shape index (κ3) is 2.99. The standard InChI is InChI=1S/C14H18N4.ClH/c15-10-14(5-6-14)11-1-2-13(17-9-11)18-12-3-7-16-8-4-12;/h1-2,9,12,16H,3-8H2,(H,17,18);1H. The number of nitrogens with zero attached hydrogens (tertiary/aromatic N) is 2. The largest absolute Gasteiger partial charge is 0.367 e. The Hall–Kier alpha value is -1.31. The van der Waals surface area contributed by atoms with Gasteiger partial charge in [-0.3, -0.25) is 0 Å². The summed E-state index contributed by atoms with van der Waals surface area (Å²) in [6.45, 7) is 2.15. The first-order chi connectivity index (χ1) is 8.82. The fourth-order valence-electron chi connectivity index (χ4n) is 2.53. The minimum Gasteiger partial charge on any atom is -0.367 e. The van der Waals surface area contributed by atoms with Gasteiger partial charge in [0.2, 0.25) is 0 Å². The molecule has 1 saturated heterocycles. The Kier molecular flexibility index (Phi) is 4.28. The molecular formula is C14H19ClN4. The minimum atomic E-state index is -0.222. The summed E-state index contributed by atoms with van der Waals surface area (Å²) in [5.41, 5.74) is 0.848. The zero-order chi connectivity index (χ0) is 12.4. The summed E-state index contributed by atoms with van der Waals surface area (Å²) in [5.74, 6) is 0.930. The fraction of sp³-hybridized carbons (Fsp3) is 0.571. The lowest BCUT2D eigenvalue weighted by molar-refractivity contribution is 0.478. The second-order valence-electron chi connectivity index (χ2n) is 5.29. The van der Waals surface area contributed by atoms with E-state index in [1.165, 1.54) is 0 Å². The van der Waals surface area contributed by atoms with Gasteiger partial charge in [0.15, 0.2) is 0 Å². The molecule has 5 heteroatoms. The van der Waals surface area contributed by atoms with Gasteiger partial charge in [0.1, 0.15) is 5.82 Å². The highest BCUT2D eigenvalue weighted by atomic mass is 35.5. The predicted octanol–water partition coefficient (Wildman–Crippen LogP) is 2.22. The molecule has 0 amide bonds. The molecule has 0 atom stereocenters. The number of pyridine rings is 1. The molecule has 4 nitrogen and oxygen atoms in total. The monoisotopic (exact) mass is 278 g/mol. The van der Waals surface area contributed by atoms with Crippen molar-refractivity contribution in [3.63, 3.8) is 0 Å². The second-order valence-corrected chi connectivity index (χ2v) is 5.29. The minimum absolute atomic E-state index is 0. The molecule has 2 fully saturated rings. The molecule has 2 aliphatic rings. The predicted molar refractivity (Wildman–Crippen MR) is 77.5 cm³/mol. The number of aromatic nitrogens is 1. The lowest BCUT2D eigenvalue weighted by Crippen LogP contribution is -2.35. The van der Waals surface area contributed by atoms with E-state index in [0.29, 0.717) is 6.04 Å². The van der Waals surface area contributed by atoms with Gasteiger partial charge in [0.05, 0.1) is 11.5 Å². The first kappa shape index (κ1) is 14.1. The molecule has 0 radical (unpaired) electrons. The zero-order valence-electron chi connectivity index (χ0n) is 10.9. The summed E-state index contributed by atoms with van der Waals surface area (Å²) in [7, 11) is 0. The van der Waals surface area contributed by atoms with Crippen molar-refractivity contribution in [2.45, 2.75) is 37.1 Å². The summed E-state index contributed by atoms with van der Waals surface area (Å²) >= 11 is 0. The van der Waals surface area contributed by atoms with Crippen molar-refractivity contribution in [3.05, 3.63) is 23.9 Å². The van der Waals surface area contributed by atoms with Crippen LogP contribution in [0.5, 0.6) is 0 Å². The molecule has 0 aromatic carbocycles. The normalized spacial score (nSPS) is 21.0. The van der Waals surface area contributed by atoms with Gasteiger partial charge in [0, 0.05) is 12.2 Å². The molecule has 1 aromatic heterocycles. The lowest BCUT2D eigenvalue weighted by atomic mass is 10.00. The van der Waals surface area contributed by atoms with E-state index in [2.05, 4.69) is 21.7 Å². The van der Waals surface area contributed by atoms with Crippen molar-refractivity contribution in [2.75, 3.05) is 18.4 Å². The van der Waals surface area contributed by atoms with E-state index in [1.54, 1.807) is 0 Å². The number of halogens is 1. The summed E-state index contributed by atoms with van der Waals surface area (Å²) in [4.78, 5) is 4.44. The van der Waals surface area contributed by atoms with Crippen LogP contribution in [0.4, 0.5) is 5.82 Å².